The Hall–Kier alpha value is -0.700. The van der Waals surface area contributed by atoms with Gasteiger partial charge in [-0.1, -0.05) is 6.92 Å². The van der Waals surface area contributed by atoms with Crippen LogP contribution in [-0.2, 0) is 14.8 Å². The Morgan fingerprint density at radius 1 is 1.23 bits per heavy atom. The van der Waals surface area contributed by atoms with Crippen LogP contribution in [0.15, 0.2) is 0 Å². The Kier molecular flexibility index (Phi) is 5.81. The highest BCUT2D eigenvalue weighted by atomic mass is 32.2. The van der Waals surface area contributed by atoms with Crippen molar-refractivity contribution in [2.45, 2.75) is 38.3 Å². The largest absolute Gasteiger partial charge is 0.392 e. The molecule has 0 bridgehead atoms. The van der Waals surface area contributed by atoms with Crippen LogP contribution in [0.5, 0.6) is 0 Å². The molecule has 0 aromatic rings. The number of aliphatic hydroxyl groups excluding tert-OH is 1. The maximum atomic E-state index is 12.6. The molecule has 1 amide bonds. The van der Waals surface area contributed by atoms with Gasteiger partial charge in [-0.3, -0.25) is 9.69 Å². The van der Waals surface area contributed by atoms with Crippen LogP contribution < -0.4 is 0 Å². The molecule has 0 radical (unpaired) electrons. The Labute approximate surface area is 132 Å². The third kappa shape index (κ3) is 4.18. The highest BCUT2D eigenvalue weighted by Crippen LogP contribution is 2.22. The van der Waals surface area contributed by atoms with Gasteiger partial charge < -0.3 is 10.0 Å². The smallest absolute Gasteiger partial charge is 0.241 e. The quantitative estimate of drug-likeness (QED) is 0.721. The van der Waals surface area contributed by atoms with E-state index < -0.39 is 16.1 Å². The lowest BCUT2D eigenvalue weighted by Crippen LogP contribution is -2.55. The van der Waals surface area contributed by atoms with E-state index in [0.717, 1.165) is 25.9 Å². The number of sulfonamides is 1. The van der Waals surface area contributed by atoms with E-state index in [2.05, 4.69) is 4.90 Å². The average Bonchev–Trinajstić information content (AvgIpc) is 2.96. The normalized spacial score (nSPS) is 26.3. The predicted octanol–water partition coefficient (Wildman–Crippen LogP) is -0.674. The van der Waals surface area contributed by atoms with Gasteiger partial charge in [0.05, 0.1) is 12.4 Å². The molecule has 0 aliphatic carbocycles. The second-order valence-corrected chi connectivity index (χ2v) is 8.15. The summed E-state index contributed by atoms with van der Waals surface area (Å²) in [6, 6.07) is -0.525. The monoisotopic (exact) mass is 333 g/mol. The zero-order valence-corrected chi connectivity index (χ0v) is 14.3. The van der Waals surface area contributed by atoms with Crippen LogP contribution in [0, 0.1) is 0 Å². The molecule has 2 rings (SSSR count). The molecule has 0 aromatic heterocycles. The Balaban J connectivity index is 1.90. The molecule has 7 nitrogen and oxygen atoms in total. The minimum absolute atomic E-state index is 0.0707. The van der Waals surface area contributed by atoms with Gasteiger partial charge >= 0.3 is 0 Å². The third-order valence-corrected chi connectivity index (χ3v) is 5.83. The van der Waals surface area contributed by atoms with Gasteiger partial charge in [-0.05, 0) is 19.3 Å². The summed E-state index contributed by atoms with van der Waals surface area (Å²) in [6.07, 6.45) is 2.93. The van der Waals surface area contributed by atoms with Crippen LogP contribution in [0.1, 0.15) is 26.2 Å². The highest BCUT2D eigenvalue weighted by molar-refractivity contribution is 7.88. The summed E-state index contributed by atoms with van der Waals surface area (Å²) < 4.78 is 24.8. The van der Waals surface area contributed by atoms with E-state index in [-0.39, 0.29) is 12.0 Å². The predicted molar refractivity (Wildman–Crippen MR) is 83.9 cm³/mol. The van der Waals surface area contributed by atoms with Crippen LogP contribution in [-0.4, -0.2) is 91.2 Å². The summed E-state index contributed by atoms with van der Waals surface area (Å²) in [5, 5.41) is 9.69. The van der Waals surface area contributed by atoms with E-state index in [1.807, 2.05) is 6.92 Å². The zero-order chi connectivity index (χ0) is 16.3. The second-order valence-electron chi connectivity index (χ2n) is 6.22. The van der Waals surface area contributed by atoms with Crippen molar-refractivity contribution < 1.29 is 18.3 Å². The van der Waals surface area contributed by atoms with Crippen LogP contribution in [0.2, 0.25) is 0 Å². The van der Waals surface area contributed by atoms with Crippen molar-refractivity contribution in [2.75, 3.05) is 45.5 Å². The van der Waals surface area contributed by atoms with Crippen molar-refractivity contribution in [2.24, 2.45) is 0 Å². The third-order valence-electron chi connectivity index (χ3n) is 4.54. The first-order valence-corrected chi connectivity index (χ1v) is 9.83. The van der Waals surface area contributed by atoms with Gasteiger partial charge in [0.2, 0.25) is 15.9 Å². The Bertz CT molecular complexity index is 488. The van der Waals surface area contributed by atoms with Gasteiger partial charge in [0.1, 0.15) is 6.04 Å². The molecule has 0 aromatic carbocycles. The molecule has 2 heterocycles. The fourth-order valence-electron chi connectivity index (χ4n) is 3.17. The first-order valence-electron chi connectivity index (χ1n) is 7.99. The molecule has 0 unspecified atom stereocenters. The molecule has 22 heavy (non-hydrogen) atoms. The van der Waals surface area contributed by atoms with Gasteiger partial charge in [0, 0.05) is 39.3 Å². The van der Waals surface area contributed by atoms with Crippen LogP contribution in [0.25, 0.3) is 0 Å². The van der Waals surface area contributed by atoms with Crippen LogP contribution in [0.3, 0.4) is 0 Å². The average molecular weight is 333 g/mol. The maximum Gasteiger partial charge on any atom is 0.241 e. The highest BCUT2D eigenvalue weighted by Gasteiger charge is 2.39. The first-order chi connectivity index (χ1) is 10.3. The summed E-state index contributed by atoms with van der Waals surface area (Å²) in [5.41, 5.74) is 0. The number of aliphatic hydroxyl groups is 1. The van der Waals surface area contributed by atoms with E-state index in [4.69, 9.17) is 0 Å². The van der Waals surface area contributed by atoms with Crippen molar-refractivity contribution in [1.29, 1.82) is 0 Å². The standard InChI is InChI=1S/C14H27N3O4S/c1-3-12(18)11-15-7-9-16(10-8-15)14(19)13-5-4-6-17(13)22(2,20)21/h12-13,18H,3-11H2,1-2H3/t12-,13-/m0/s1. The molecule has 2 atom stereocenters. The number of hydrogen-bond acceptors (Lipinski definition) is 5. The summed E-state index contributed by atoms with van der Waals surface area (Å²) in [4.78, 5) is 16.5. The van der Waals surface area contributed by atoms with Crippen molar-refractivity contribution in [3.8, 4) is 0 Å². The van der Waals surface area contributed by atoms with Crippen molar-refractivity contribution in [1.82, 2.24) is 14.1 Å². The van der Waals surface area contributed by atoms with E-state index in [1.54, 1.807) is 4.90 Å². The Morgan fingerprint density at radius 3 is 2.41 bits per heavy atom. The fourth-order valence-corrected chi connectivity index (χ4v) is 4.29. The lowest BCUT2D eigenvalue weighted by Gasteiger charge is -2.37. The molecular formula is C14H27N3O4S. The molecule has 128 valence electrons. The van der Waals surface area contributed by atoms with Gasteiger partial charge in [0.15, 0.2) is 0 Å². The molecule has 0 spiro atoms. The van der Waals surface area contributed by atoms with E-state index in [0.29, 0.717) is 32.6 Å². The number of rotatable bonds is 5. The lowest BCUT2D eigenvalue weighted by molar-refractivity contribution is -0.136. The zero-order valence-electron chi connectivity index (χ0n) is 13.4. The number of β-amino-alcohol motifs (C(OH)–C–C–N with tert-alkyl or cyclic N) is 1. The van der Waals surface area contributed by atoms with Gasteiger partial charge in [0.25, 0.3) is 0 Å². The number of carbonyl (C=O) groups is 1. The first kappa shape index (κ1) is 17.7. The van der Waals surface area contributed by atoms with Crippen molar-refractivity contribution >= 4 is 15.9 Å². The SMILES string of the molecule is CC[C@H](O)CN1CCN(C(=O)[C@@H]2CCCN2S(C)(=O)=O)CC1. The molecule has 8 heteroatoms. The molecular weight excluding hydrogens is 306 g/mol. The second kappa shape index (κ2) is 7.25. The number of hydrogen-bond donors (Lipinski definition) is 1. The minimum Gasteiger partial charge on any atom is -0.392 e. The molecule has 1 N–H and O–H groups in total. The number of piperazine rings is 1. The van der Waals surface area contributed by atoms with Gasteiger partial charge in [-0.15, -0.1) is 0 Å². The van der Waals surface area contributed by atoms with Crippen molar-refractivity contribution in [3.05, 3.63) is 0 Å². The van der Waals surface area contributed by atoms with E-state index >= 15 is 0 Å². The summed E-state index contributed by atoms with van der Waals surface area (Å²) in [6.45, 7) is 5.69. The maximum absolute atomic E-state index is 12.6. The van der Waals surface area contributed by atoms with E-state index in [1.165, 1.54) is 10.6 Å². The van der Waals surface area contributed by atoms with Crippen LogP contribution in [0.4, 0.5) is 0 Å². The van der Waals surface area contributed by atoms with Crippen LogP contribution >= 0.6 is 0 Å². The molecule has 2 aliphatic rings. The Morgan fingerprint density at radius 2 is 1.86 bits per heavy atom. The molecule has 2 aliphatic heterocycles. The fraction of sp³-hybridized carbons (Fsp3) is 0.929. The van der Waals surface area contributed by atoms with E-state index in [9.17, 15) is 18.3 Å². The molecule has 2 saturated heterocycles. The molecule has 0 saturated carbocycles. The summed E-state index contributed by atoms with van der Waals surface area (Å²) >= 11 is 0. The summed E-state index contributed by atoms with van der Waals surface area (Å²) in [7, 11) is -3.32. The topological polar surface area (TPSA) is 81.2 Å². The summed E-state index contributed by atoms with van der Waals surface area (Å²) in [5.74, 6) is -0.0707. The van der Waals surface area contributed by atoms with Gasteiger partial charge in [-0.25, -0.2) is 8.42 Å². The number of nitrogens with zero attached hydrogens (tertiary/aromatic N) is 3. The lowest BCUT2D eigenvalue weighted by atomic mass is 10.1. The minimum atomic E-state index is -3.32. The molecule has 2 fully saturated rings. The van der Waals surface area contributed by atoms with Gasteiger partial charge in [-0.2, -0.15) is 4.31 Å². The van der Waals surface area contributed by atoms with Crippen molar-refractivity contribution in [3.63, 3.8) is 0 Å². The number of amides is 1. The number of carbonyl (C=O) groups excluding carboxylic acids is 1.